The van der Waals surface area contributed by atoms with E-state index in [9.17, 15) is 0 Å². The van der Waals surface area contributed by atoms with E-state index in [-0.39, 0.29) is 0 Å². The summed E-state index contributed by atoms with van der Waals surface area (Å²) in [5, 5.41) is 0. The van der Waals surface area contributed by atoms with Gasteiger partial charge < -0.3 is 0 Å². The molecule has 0 aliphatic heterocycles. The van der Waals surface area contributed by atoms with Gasteiger partial charge in [-0.3, -0.25) is 0 Å². The molecule has 21 heavy (non-hydrogen) atoms. The van der Waals surface area contributed by atoms with Gasteiger partial charge in [-0.05, 0) is 97.2 Å². The van der Waals surface area contributed by atoms with E-state index in [1.807, 2.05) is 0 Å². The number of hydrogen-bond acceptors (Lipinski definition) is 0. The Labute approximate surface area is 131 Å². The van der Waals surface area contributed by atoms with Gasteiger partial charge >= 0.3 is 0 Å². The summed E-state index contributed by atoms with van der Waals surface area (Å²) in [7, 11) is 0. The average Bonchev–Trinajstić information content (AvgIpc) is 3.14. The molecule has 0 nitrogen and oxygen atoms in total. The Morgan fingerprint density at radius 1 is 0.762 bits per heavy atom. The van der Waals surface area contributed by atoms with Gasteiger partial charge in [0.05, 0.1) is 0 Å². The highest BCUT2D eigenvalue weighted by Crippen LogP contribution is 2.71. The van der Waals surface area contributed by atoms with Crippen molar-refractivity contribution in [3.05, 3.63) is 0 Å². The van der Waals surface area contributed by atoms with Crippen molar-refractivity contribution in [2.45, 2.75) is 72.1 Å². The first kappa shape index (κ1) is 13.4. The van der Waals surface area contributed by atoms with Crippen molar-refractivity contribution in [1.29, 1.82) is 0 Å². The normalized spacial score (nSPS) is 65.0. The van der Waals surface area contributed by atoms with Crippen molar-refractivity contribution in [2.75, 3.05) is 0 Å². The van der Waals surface area contributed by atoms with Gasteiger partial charge in [-0.25, -0.2) is 0 Å². The molecule has 6 fully saturated rings. The highest BCUT2D eigenvalue weighted by atomic mass is 14.7. The molecule has 6 aliphatic carbocycles. The molecular formula is C21H34. The van der Waals surface area contributed by atoms with Crippen molar-refractivity contribution in [1.82, 2.24) is 0 Å². The smallest absolute Gasteiger partial charge is 0.0289 e. The maximum Gasteiger partial charge on any atom is -0.0289 e. The summed E-state index contributed by atoms with van der Waals surface area (Å²) in [5.41, 5.74) is 0.747. The molecule has 0 spiro atoms. The van der Waals surface area contributed by atoms with Crippen LogP contribution in [0, 0.1) is 58.7 Å². The second-order valence-electron chi connectivity index (χ2n) is 10.4. The third-order valence-corrected chi connectivity index (χ3v) is 9.45. The minimum Gasteiger partial charge on any atom is -0.0622 e. The van der Waals surface area contributed by atoms with Gasteiger partial charge in [0.1, 0.15) is 0 Å². The molecule has 0 saturated heterocycles. The fourth-order valence-corrected chi connectivity index (χ4v) is 8.63. The van der Waals surface area contributed by atoms with Crippen molar-refractivity contribution in [3.8, 4) is 0 Å². The Balaban J connectivity index is 1.34. The van der Waals surface area contributed by atoms with Crippen LogP contribution in [0.1, 0.15) is 72.1 Å². The van der Waals surface area contributed by atoms with Crippen molar-refractivity contribution in [3.63, 3.8) is 0 Å². The summed E-state index contributed by atoms with van der Waals surface area (Å²) in [6.07, 6.45) is 12.6. The summed E-state index contributed by atoms with van der Waals surface area (Å²) < 4.78 is 0. The molecule has 6 saturated carbocycles. The average molecular weight is 287 g/mol. The van der Waals surface area contributed by atoms with Gasteiger partial charge in [0, 0.05) is 0 Å². The molecule has 4 bridgehead atoms. The van der Waals surface area contributed by atoms with Gasteiger partial charge in [-0.1, -0.05) is 33.6 Å². The highest BCUT2D eigenvalue weighted by Gasteiger charge is 2.63. The van der Waals surface area contributed by atoms with Gasteiger partial charge in [0.25, 0.3) is 0 Å². The second-order valence-corrected chi connectivity index (χ2v) is 10.4. The van der Waals surface area contributed by atoms with Crippen molar-refractivity contribution >= 4 is 0 Å². The molecule has 0 aromatic heterocycles. The van der Waals surface area contributed by atoms with Crippen LogP contribution in [0.2, 0.25) is 0 Å². The Morgan fingerprint density at radius 3 is 2.14 bits per heavy atom. The van der Waals surface area contributed by atoms with Crippen LogP contribution in [0.4, 0.5) is 0 Å². The third-order valence-electron chi connectivity index (χ3n) is 9.45. The lowest BCUT2D eigenvalue weighted by atomic mass is 9.57. The first-order valence-corrected chi connectivity index (χ1v) is 10.1. The SMILES string of the molecule is CC1CC2CC1C2C1CC2(C)CC1CC2C1CCCC1C. The zero-order valence-corrected chi connectivity index (χ0v) is 14.4. The molecule has 0 heterocycles. The minimum absolute atomic E-state index is 0.747. The molecule has 0 radical (unpaired) electrons. The molecule has 0 aromatic carbocycles. The maximum absolute atomic E-state index is 2.70. The minimum atomic E-state index is 0.747. The predicted octanol–water partition coefficient (Wildman–Crippen LogP) is 5.77. The van der Waals surface area contributed by atoms with Crippen LogP contribution in [0.25, 0.3) is 0 Å². The van der Waals surface area contributed by atoms with E-state index >= 15 is 0 Å². The number of rotatable bonds is 2. The summed E-state index contributed by atoms with van der Waals surface area (Å²) in [6, 6.07) is 0. The second kappa shape index (κ2) is 4.30. The summed E-state index contributed by atoms with van der Waals surface area (Å²) >= 11 is 0. The first-order chi connectivity index (χ1) is 10.1. The van der Waals surface area contributed by atoms with Crippen LogP contribution in [-0.2, 0) is 0 Å². The number of fused-ring (bicyclic) bond motifs is 3. The van der Waals surface area contributed by atoms with Crippen LogP contribution in [-0.4, -0.2) is 0 Å². The van der Waals surface area contributed by atoms with Crippen LogP contribution in [0.3, 0.4) is 0 Å². The quantitative estimate of drug-likeness (QED) is 0.604. The standard InChI is InChI=1S/C21H34/c1-12-5-4-6-16(12)19-9-15-10-21(19,3)11-18(15)20-14-7-13(2)17(20)8-14/h12-20H,4-11H2,1-3H3. The lowest BCUT2D eigenvalue weighted by Crippen LogP contribution is -2.41. The van der Waals surface area contributed by atoms with Crippen LogP contribution < -0.4 is 0 Å². The van der Waals surface area contributed by atoms with E-state index in [0.29, 0.717) is 0 Å². The molecule has 0 amide bonds. The van der Waals surface area contributed by atoms with Crippen LogP contribution in [0.5, 0.6) is 0 Å². The largest absolute Gasteiger partial charge is 0.0622 e. The van der Waals surface area contributed by atoms with E-state index < -0.39 is 0 Å². The monoisotopic (exact) mass is 286 g/mol. The fraction of sp³-hybridized carbons (Fsp3) is 1.00. The Bertz CT molecular complexity index is 439. The van der Waals surface area contributed by atoms with E-state index in [2.05, 4.69) is 20.8 Å². The van der Waals surface area contributed by atoms with E-state index in [1.165, 1.54) is 18.8 Å². The zero-order valence-electron chi connectivity index (χ0n) is 14.4. The van der Waals surface area contributed by atoms with E-state index in [1.54, 1.807) is 38.5 Å². The molecule has 0 N–H and O–H groups in total. The van der Waals surface area contributed by atoms with Gasteiger partial charge in [0.15, 0.2) is 0 Å². The molecule has 6 aliphatic rings. The summed E-state index contributed by atoms with van der Waals surface area (Å²) in [5.74, 6) is 10.1. The van der Waals surface area contributed by atoms with E-state index in [4.69, 9.17) is 0 Å². The molecule has 6 rings (SSSR count). The van der Waals surface area contributed by atoms with Crippen LogP contribution >= 0.6 is 0 Å². The van der Waals surface area contributed by atoms with Crippen molar-refractivity contribution < 1.29 is 0 Å². The highest BCUT2D eigenvalue weighted by molar-refractivity contribution is 5.12. The molecule has 10 atom stereocenters. The van der Waals surface area contributed by atoms with E-state index in [0.717, 1.165) is 52.8 Å². The zero-order chi connectivity index (χ0) is 14.4. The first-order valence-electron chi connectivity index (χ1n) is 10.1. The topological polar surface area (TPSA) is 0 Å². The third kappa shape index (κ3) is 1.69. The van der Waals surface area contributed by atoms with Gasteiger partial charge in [-0.2, -0.15) is 0 Å². The lowest BCUT2D eigenvalue weighted by molar-refractivity contribution is 0.00829. The Hall–Kier alpha value is 0. The van der Waals surface area contributed by atoms with Crippen molar-refractivity contribution in [2.24, 2.45) is 58.7 Å². The predicted molar refractivity (Wildman–Crippen MR) is 87.8 cm³/mol. The lowest BCUT2D eigenvalue weighted by Gasteiger charge is -2.48. The van der Waals surface area contributed by atoms with Crippen LogP contribution in [0.15, 0.2) is 0 Å². The van der Waals surface area contributed by atoms with Gasteiger partial charge in [-0.15, -0.1) is 0 Å². The molecule has 0 heteroatoms. The molecule has 118 valence electrons. The molecule has 0 aromatic rings. The Kier molecular flexibility index (Phi) is 2.75. The Morgan fingerprint density at radius 2 is 1.62 bits per heavy atom. The number of hydrogen-bond donors (Lipinski definition) is 0. The molecule has 10 unspecified atom stereocenters. The molecular weight excluding hydrogens is 252 g/mol. The summed E-state index contributed by atoms with van der Waals surface area (Å²) in [6.45, 7) is 7.80. The van der Waals surface area contributed by atoms with Gasteiger partial charge in [0.2, 0.25) is 0 Å². The maximum atomic E-state index is 2.70. The fourth-order valence-electron chi connectivity index (χ4n) is 8.63. The summed E-state index contributed by atoms with van der Waals surface area (Å²) in [4.78, 5) is 0.